The molecule has 0 spiro atoms. The van der Waals surface area contributed by atoms with Gasteiger partial charge >= 0.3 is 0 Å². The molecule has 0 N–H and O–H groups in total. The zero-order valence-electron chi connectivity index (χ0n) is 8.04. The Morgan fingerprint density at radius 2 is 2.00 bits per heavy atom. The van der Waals surface area contributed by atoms with Crippen molar-refractivity contribution in [3.05, 3.63) is 29.8 Å². The molecular weight excluding hydrogens is 180 g/mol. The number of fused-ring (bicyclic) bond motifs is 1. The average molecular weight is 194 g/mol. The minimum atomic E-state index is -0.785. The zero-order chi connectivity index (χ0) is 9.47. The van der Waals surface area contributed by atoms with Gasteiger partial charge in [-0.2, -0.15) is 0 Å². The van der Waals surface area contributed by atoms with Gasteiger partial charge in [0.25, 0.3) is 0 Å². The third kappa shape index (κ3) is 1.68. The first kappa shape index (κ1) is 8.95. The van der Waals surface area contributed by atoms with E-state index in [1.165, 1.54) is 5.56 Å². The van der Waals surface area contributed by atoms with Crippen LogP contribution in [0.4, 0.5) is 0 Å². The highest BCUT2D eigenvalue weighted by Crippen LogP contribution is 2.32. The maximum atomic E-state index is 11.8. The smallest absolute Gasteiger partial charge is 0.0537 e. The number of benzene rings is 1. The third-order valence-electron chi connectivity index (χ3n) is 2.41. The lowest BCUT2D eigenvalue weighted by Crippen LogP contribution is -2.28. The van der Waals surface area contributed by atoms with Gasteiger partial charge in [-0.25, -0.2) is 0 Å². The summed E-state index contributed by atoms with van der Waals surface area (Å²) < 4.78 is 11.8. The molecule has 70 valence electrons. The van der Waals surface area contributed by atoms with Crippen LogP contribution in [0.2, 0.25) is 0 Å². The first-order valence-electron chi connectivity index (χ1n) is 4.55. The Labute approximate surface area is 81.6 Å². The molecule has 0 saturated heterocycles. The van der Waals surface area contributed by atoms with E-state index in [1.807, 2.05) is 18.2 Å². The van der Waals surface area contributed by atoms with Crippen molar-refractivity contribution in [2.75, 3.05) is 5.75 Å². The fourth-order valence-electron chi connectivity index (χ4n) is 1.87. The third-order valence-corrected chi connectivity index (χ3v) is 4.34. The quantitative estimate of drug-likeness (QED) is 0.619. The second-order valence-corrected chi connectivity index (χ2v) is 5.86. The summed E-state index contributed by atoms with van der Waals surface area (Å²) in [5, 5.41) is 0. The van der Waals surface area contributed by atoms with Gasteiger partial charge in [-0.3, -0.25) is 4.21 Å². The van der Waals surface area contributed by atoms with Crippen LogP contribution in [0.15, 0.2) is 29.2 Å². The highest BCUT2D eigenvalue weighted by Gasteiger charge is 2.29. The van der Waals surface area contributed by atoms with Crippen LogP contribution in [0, 0.1) is 5.41 Å². The fraction of sp³-hybridized carbons (Fsp3) is 0.455. The van der Waals surface area contributed by atoms with E-state index in [-0.39, 0.29) is 5.41 Å². The van der Waals surface area contributed by atoms with E-state index in [9.17, 15) is 4.21 Å². The van der Waals surface area contributed by atoms with E-state index in [0.29, 0.717) is 0 Å². The van der Waals surface area contributed by atoms with Crippen molar-refractivity contribution in [2.45, 2.75) is 25.2 Å². The Kier molecular flexibility index (Phi) is 2.03. The summed E-state index contributed by atoms with van der Waals surface area (Å²) in [5.74, 6) is 0.796. The summed E-state index contributed by atoms with van der Waals surface area (Å²) >= 11 is 0. The molecular formula is C11H14OS. The zero-order valence-corrected chi connectivity index (χ0v) is 8.86. The van der Waals surface area contributed by atoms with Gasteiger partial charge in [0.15, 0.2) is 0 Å². The van der Waals surface area contributed by atoms with Crippen molar-refractivity contribution in [1.82, 2.24) is 0 Å². The van der Waals surface area contributed by atoms with E-state index < -0.39 is 10.8 Å². The molecule has 2 rings (SSSR count). The molecule has 0 fully saturated rings. The molecule has 1 unspecified atom stereocenters. The van der Waals surface area contributed by atoms with Crippen LogP contribution < -0.4 is 0 Å². The molecule has 0 radical (unpaired) electrons. The average Bonchev–Trinajstić information content (AvgIpc) is 2.02. The van der Waals surface area contributed by atoms with Crippen molar-refractivity contribution >= 4 is 10.8 Å². The number of hydrogen-bond donors (Lipinski definition) is 0. The highest BCUT2D eigenvalue weighted by molar-refractivity contribution is 7.85. The second kappa shape index (κ2) is 2.95. The van der Waals surface area contributed by atoms with Gasteiger partial charge in [0.05, 0.1) is 10.8 Å². The van der Waals surface area contributed by atoms with Crippen LogP contribution in [0.25, 0.3) is 0 Å². The molecule has 1 aromatic carbocycles. The van der Waals surface area contributed by atoms with Crippen LogP contribution in [-0.2, 0) is 17.2 Å². The van der Waals surface area contributed by atoms with Crippen LogP contribution >= 0.6 is 0 Å². The van der Waals surface area contributed by atoms with Crippen molar-refractivity contribution in [3.63, 3.8) is 0 Å². The molecule has 1 atom stereocenters. The SMILES string of the molecule is CC1(C)Cc2ccccc2S(=O)C1. The van der Waals surface area contributed by atoms with Crippen LogP contribution in [0.1, 0.15) is 19.4 Å². The van der Waals surface area contributed by atoms with Gasteiger partial charge in [0.2, 0.25) is 0 Å². The van der Waals surface area contributed by atoms with Gasteiger partial charge < -0.3 is 0 Å². The van der Waals surface area contributed by atoms with Gasteiger partial charge in [-0.1, -0.05) is 32.0 Å². The molecule has 13 heavy (non-hydrogen) atoms. The second-order valence-electron chi connectivity index (χ2n) is 4.44. The summed E-state index contributed by atoms with van der Waals surface area (Å²) in [7, 11) is -0.785. The van der Waals surface area contributed by atoms with Gasteiger partial charge in [0.1, 0.15) is 0 Å². The molecule has 0 bridgehead atoms. The molecule has 0 saturated carbocycles. The Hall–Kier alpha value is -0.630. The molecule has 1 heterocycles. The van der Waals surface area contributed by atoms with Crippen molar-refractivity contribution in [2.24, 2.45) is 5.41 Å². The van der Waals surface area contributed by atoms with Crippen molar-refractivity contribution in [3.8, 4) is 0 Å². The fourth-order valence-corrected chi connectivity index (χ4v) is 3.50. The lowest BCUT2D eigenvalue weighted by molar-refractivity contribution is 0.405. The topological polar surface area (TPSA) is 17.1 Å². The van der Waals surface area contributed by atoms with E-state index in [4.69, 9.17) is 0 Å². The molecule has 1 nitrogen and oxygen atoms in total. The standard InChI is InChI=1S/C11H14OS/c1-11(2)7-9-5-3-4-6-10(9)13(12)8-11/h3-6H,7-8H2,1-2H3. The van der Waals surface area contributed by atoms with Crippen LogP contribution in [0.3, 0.4) is 0 Å². The summed E-state index contributed by atoms with van der Waals surface area (Å²) in [5.41, 5.74) is 1.45. The number of hydrogen-bond acceptors (Lipinski definition) is 1. The monoisotopic (exact) mass is 194 g/mol. The Balaban J connectivity index is 2.49. The van der Waals surface area contributed by atoms with E-state index in [2.05, 4.69) is 19.9 Å². The Bertz CT molecular complexity index is 355. The molecule has 0 amide bonds. The summed E-state index contributed by atoms with van der Waals surface area (Å²) in [6.07, 6.45) is 1.05. The Morgan fingerprint density at radius 3 is 2.77 bits per heavy atom. The van der Waals surface area contributed by atoms with Gasteiger partial charge in [-0.05, 0) is 23.5 Å². The lowest BCUT2D eigenvalue weighted by atomic mass is 9.87. The van der Waals surface area contributed by atoms with Gasteiger partial charge in [0, 0.05) is 10.6 Å². The summed E-state index contributed by atoms with van der Waals surface area (Å²) in [4.78, 5) is 1.04. The predicted octanol–water partition coefficient (Wildman–Crippen LogP) is 2.38. The minimum absolute atomic E-state index is 0.194. The summed E-state index contributed by atoms with van der Waals surface area (Å²) in [6, 6.07) is 8.07. The van der Waals surface area contributed by atoms with E-state index in [1.54, 1.807) is 0 Å². The molecule has 1 aliphatic rings. The van der Waals surface area contributed by atoms with E-state index in [0.717, 1.165) is 17.1 Å². The molecule has 0 aliphatic carbocycles. The highest BCUT2D eigenvalue weighted by atomic mass is 32.2. The van der Waals surface area contributed by atoms with Crippen LogP contribution in [0.5, 0.6) is 0 Å². The predicted molar refractivity (Wildman–Crippen MR) is 55.2 cm³/mol. The maximum Gasteiger partial charge on any atom is 0.0537 e. The lowest BCUT2D eigenvalue weighted by Gasteiger charge is -2.30. The minimum Gasteiger partial charge on any atom is -0.254 e. The molecule has 1 aliphatic heterocycles. The number of rotatable bonds is 0. The first-order chi connectivity index (χ1) is 6.08. The van der Waals surface area contributed by atoms with Crippen molar-refractivity contribution in [1.29, 1.82) is 0 Å². The first-order valence-corrected chi connectivity index (χ1v) is 5.87. The maximum absolute atomic E-state index is 11.8. The largest absolute Gasteiger partial charge is 0.254 e. The normalized spacial score (nSPS) is 25.2. The molecule has 0 aromatic heterocycles. The summed E-state index contributed by atoms with van der Waals surface area (Å²) in [6.45, 7) is 4.36. The van der Waals surface area contributed by atoms with Crippen LogP contribution in [-0.4, -0.2) is 9.96 Å². The molecule has 2 heteroatoms. The van der Waals surface area contributed by atoms with Crippen molar-refractivity contribution < 1.29 is 4.21 Å². The Morgan fingerprint density at radius 1 is 1.31 bits per heavy atom. The van der Waals surface area contributed by atoms with E-state index >= 15 is 0 Å². The molecule has 1 aromatic rings. The van der Waals surface area contributed by atoms with Gasteiger partial charge in [-0.15, -0.1) is 0 Å².